The molecule has 1 aromatic carbocycles. The molecule has 86 valence electrons. The zero-order valence-corrected chi connectivity index (χ0v) is 10.7. The Morgan fingerprint density at radius 3 is 2.29 bits per heavy atom. The highest BCUT2D eigenvalue weighted by molar-refractivity contribution is 6.41. The second kappa shape index (κ2) is 5.05. The van der Waals surface area contributed by atoms with Crippen molar-refractivity contribution in [2.24, 2.45) is 0 Å². The Hall–Kier alpha value is -1.09. The van der Waals surface area contributed by atoms with Crippen LogP contribution in [0.5, 0.6) is 0 Å². The third kappa shape index (κ3) is 2.60. The van der Waals surface area contributed by atoms with Gasteiger partial charge in [-0.15, -0.1) is 0 Å². The van der Waals surface area contributed by atoms with E-state index in [9.17, 15) is 4.79 Å². The summed E-state index contributed by atoms with van der Waals surface area (Å²) < 4.78 is 0. The van der Waals surface area contributed by atoms with E-state index in [1.807, 2.05) is 0 Å². The van der Waals surface area contributed by atoms with E-state index in [2.05, 4.69) is 4.98 Å². The average molecular weight is 287 g/mol. The van der Waals surface area contributed by atoms with Crippen molar-refractivity contribution in [1.82, 2.24) is 4.98 Å². The summed E-state index contributed by atoms with van der Waals surface area (Å²) in [5, 5.41) is 1.34. The lowest BCUT2D eigenvalue weighted by atomic mass is 10.1. The first-order valence-electron chi connectivity index (χ1n) is 4.68. The average Bonchev–Trinajstić information content (AvgIpc) is 2.28. The second-order valence-corrected chi connectivity index (χ2v) is 4.58. The molecule has 0 saturated heterocycles. The molecule has 0 spiro atoms. The van der Waals surface area contributed by atoms with Crippen molar-refractivity contribution in [3.8, 4) is 11.1 Å². The van der Waals surface area contributed by atoms with E-state index in [0.717, 1.165) is 5.56 Å². The zero-order chi connectivity index (χ0) is 12.4. The molecule has 0 aliphatic rings. The number of pyridine rings is 1. The molecular formula is C12H6Cl3NO. The summed E-state index contributed by atoms with van der Waals surface area (Å²) in [6.07, 6.45) is 2.20. The predicted octanol–water partition coefficient (Wildman–Crippen LogP) is 4.52. The van der Waals surface area contributed by atoms with Crippen molar-refractivity contribution in [3.63, 3.8) is 0 Å². The standard InChI is InChI=1S/C12H6Cl3NO/c13-8-4-10(14)12(11(15)5-8)7-1-2-16-9(3-7)6-17/h1-6H. The normalized spacial score (nSPS) is 10.3. The highest BCUT2D eigenvalue weighted by Crippen LogP contribution is 2.37. The monoisotopic (exact) mass is 285 g/mol. The molecule has 2 aromatic rings. The van der Waals surface area contributed by atoms with E-state index in [1.165, 1.54) is 6.20 Å². The van der Waals surface area contributed by atoms with Gasteiger partial charge in [-0.25, -0.2) is 0 Å². The van der Waals surface area contributed by atoms with Gasteiger partial charge in [-0.1, -0.05) is 34.8 Å². The van der Waals surface area contributed by atoms with Crippen molar-refractivity contribution in [1.29, 1.82) is 0 Å². The van der Waals surface area contributed by atoms with E-state index >= 15 is 0 Å². The Labute approximate surface area is 113 Å². The van der Waals surface area contributed by atoms with Crippen LogP contribution in [-0.4, -0.2) is 11.3 Å². The van der Waals surface area contributed by atoms with E-state index in [4.69, 9.17) is 34.8 Å². The van der Waals surface area contributed by atoms with E-state index in [0.29, 0.717) is 32.6 Å². The van der Waals surface area contributed by atoms with E-state index < -0.39 is 0 Å². The summed E-state index contributed by atoms with van der Waals surface area (Å²) >= 11 is 18.0. The number of nitrogens with zero attached hydrogens (tertiary/aromatic N) is 1. The molecule has 1 aromatic heterocycles. The lowest BCUT2D eigenvalue weighted by Crippen LogP contribution is -1.88. The molecule has 0 atom stereocenters. The van der Waals surface area contributed by atoms with E-state index in [1.54, 1.807) is 24.3 Å². The second-order valence-electron chi connectivity index (χ2n) is 3.33. The van der Waals surface area contributed by atoms with E-state index in [-0.39, 0.29) is 0 Å². The largest absolute Gasteiger partial charge is 0.296 e. The molecule has 0 aliphatic carbocycles. The Kier molecular flexibility index (Phi) is 3.67. The Bertz CT molecular complexity index is 561. The minimum absolute atomic E-state index is 0.324. The molecule has 5 heteroatoms. The third-order valence-corrected chi connectivity index (χ3v) is 3.01. The fourth-order valence-corrected chi connectivity index (χ4v) is 2.52. The van der Waals surface area contributed by atoms with Crippen LogP contribution in [0.3, 0.4) is 0 Å². The van der Waals surface area contributed by atoms with Gasteiger partial charge in [0.15, 0.2) is 6.29 Å². The number of aldehydes is 1. The van der Waals surface area contributed by atoms with Crippen molar-refractivity contribution >= 4 is 41.1 Å². The summed E-state index contributed by atoms with van der Waals surface area (Å²) in [5.74, 6) is 0. The number of halogens is 3. The van der Waals surface area contributed by atoms with Gasteiger partial charge >= 0.3 is 0 Å². The molecule has 0 aliphatic heterocycles. The maximum atomic E-state index is 10.7. The molecule has 0 fully saturated rings. The Morgan fingerprint density at radius 1 is 1.06 bits per heavy atom. The number of hydrogen-bond acceptors (Lipinski definition) is 2. The van der Waals surface area contributed by atoms with Gasteiger partial charge in [-0.2, -0.15) is 0 Å². The molecule has 0 saturated carbocycles. The SMILES string of the molecule is O=Cc1cc(-c2c(Cl)cc(Cl)cc2Cl)ccn1. The molecule has 2 nitrogen and oxygen atoms in total. The summed E-state index contributed by atoms with van der Waals surface area (Å²) in [7, 11) is 0. The fourth-order valence-electron chi connectivity index (χ4n) is 1.49. The van der Waals surface area contributed by atoms with Gasteiger partial charge in [0.05, 0.1) is 10.0 Å². The van der Waals surface area contributed by atoms with Gasteiger partial charge in [0, 0.05) is 16.8 Å². The highest BCUT2D eigenvalue weighted by atomic mass is 35.5. The molecule has 0 unspecified atom stereocenters. The number of aromatic nitrogens is 1. The minimum Gasteiger partial charge on any atom is -0.296 e. The fraction of sp³-hybridized carbons (Fsp3) is 0. The summed E-state index contributed by atoms with van der Waals surface area (Å²) in [6, 6.07) is 6.55. The third-order valence-electron chi connectivity index (χ3n) is 2.20. The van der Waals surface area contributed by atoms with Crippen LogP contribution in [0.25, 0.3) is 11.1 Å². The number of carbonyl (C=O) groups excluding carboxylic acids is 1. The first kappa shape index (κ1) is 12.4. The van der Waals surface area contributed by atoms with Crippen LogP contribution in [0.4, 0.5) is 0 Å². The van der Waals surface area contributed by atoms with Crippen molar-refractivity contribution in [3.05, 3.63) is 51.2 Å². The lowest BCUT2D eigenvalue weighted by Gasteiger charge is -2.08. The molecule has 0 amide bonds. The summed E-state index contributed by atoms with van der Waals surface area (Å²) in [4.78, 5) is 14.5. The molecule has 0 N–H and O–H groups in total. The van der Waals surface area contributed by atoms with Crippen LogP contribution >= 0.6 is 34.8 Å². The van der Waals surface area contributed by atoms with Crippen LogP contribution in [0, 0.1) is 0 Å². The molecule has 0 bridgehead atoms. The summed E-state index contributed by atoms with van der Waals surface area (Å²) in [6.45, 7) is 0. The minimum atomic E-state index is 0.324. The zero-order valence-electron chi connectivity index (χ0n) is 8.45. The smallest absolute Gasteiger partial charge is 0.168 e. The van der Waals surface area contributed by atoms with Crippen molar-refractivity contribution in [2.75, 3.05) is 0 Å². The number of carbonyl (C=O) groups is 1. The number of hydrogen-bond donors (Lipinski definition) is 0. The maximum absolute atomic E-state index is 10.7. The molecule has 1 heterocycles. The molecule has 17 heavy (non-hydrogen) atoms. The quantitative estimate of drug-likeness (QED) is 0.760. The van der Waals surface area contributed by atoms with Gasteiger partial charge in [0.25, 0.3) is 0 Å². The lowest BCUT2D eigenvalue weighted by molar-refractivity contribution is 0.111. The first-order chi connectivity index (χ1) is 8.11. The first-order valence-corrected chi connectivity index (χ1v) is 5.81. The van der Waals surface area contributed by atoms with Gasteiger partial charge in [-0.05, 0) is 29.8 Å². The molecule has 2 rings (SSSR count). The Balaban J connectivity index is 2.63. The van der Waals surface area contributed by atoms with Crippen molar-refractivity contribution in [2.45, 2.75) is 0 Å². The molecule has 0 radical (unpaired) electrons. The van der Waals surface area contributed by atoms with Gasteiger partial charge in [0.1, 0.15) is 5.69 Å². The summed E-state index contributed by atoms with van der Waals surface area (Å²) in [5.41, 5.74) is 1.70. The van der Waals surface area contributed by atoms with Gasteiger partial charge < -0.3 is 0 Å². The maximum Gasteiger partial charge on any atom is 0.168 e. The van der Waals surface area contributed by atoms with Crippen LogP contribution in [0.1, 0.15) is 10.5 Å². The Morgan fingerprint density at radius 2 is 1.71 bits per heavy atom. The number of rotatable bonds is 2. The van der Waals surface area contributed by atoms with Crippen LogP contribution < -0.4 is 0 Å². The van der Waals surface area contributed by atoms with Crippen LogP contribution in [-0.2, 0) is 0 Å². The predicted molar refractivity (Wildman–Crippen MR) is 70.1 cm³/mol. The van der Waals surface area contributed by atoms with Crippen molar-refractivity contribution < 1.29 is 4.79 Å². The topological polar surface area (TPSA) is 30.0 Å². The van der Waals surface area contributed by atoms with Crippen LogP contribution in [0.2, 0.25) is 15.1 Å². The molecular weight excluding hydrogens is 280 g/mol. The van der Waals surface area contributed by atoms with Gasteiger partial charge in [0.2, 0.25) is 0 Å². The van der Waals surface area contributed by atoms with Gasteiger partial charge in [-0.3, -0.25) is 9.78 Å². The number of benzene rings is 1. The van der Waals surface area contributed by atoms with Crippen LogP contribution in [0.15, 0.2) is 30.5 Å². The highest BCUT2D eigenvalue weighted by Gasteiger charge is 2.10.